The number of nitrogens with one attached hydrogen (secondary N) is 9. The molecule has 5 aromatic carbocycles. The lowest BCUT2D eigenvalue weighted by Crippen LogP contribution is -2.66. The molecule has 8 aliphatic rings. The molecule has 125 heavy (non-hydrogen) atoms. The highest BCUT2D eigenvalue weighted by Crippen LogP contribution is 2.50. The first-order chi connectivity index (χ1) is 59.2. The molecule has 8 heterocycles. The van der Waals surface area contributed by atoms with Gasteiger partial charge in [0.25, 0.3) is 0 Å². The van der Waals surface area contributed by atoms with Gasteiger partial charge in [0.15, 0.2) is 36.2 Å². The monoisotopic (exact) mass is 1770 g/mol. The molecular weight excluding hydrogens is 1660 g/mol. The summed E-state index contributed by atoms with van der Waals surface area (Å²) in [5, 5.41) is 139. The number of amides is 9. The van der Waals surface area contributed by atoms with Crippen LogP contribution in [0.25, 0.3) is 11.1 Å². The number of hydrogen-bond acceptors (Lipinski definition) is 29. The second-order valence-corrected chi connectivity index (χ2v) is 33.6. The number of phenolic OH excluding ortho intramolecular Hbond substituents is 3. The molecular formula is C85H110ClN11O28. The third-order valence-corrected chi connectivity index (χ3v) is 23.2. The summed E-state index contributed by atoms with van der Waals surface area (Å²) >= 11 is 7.20. The van der Waals surface area contributed by atoms with Crippen LogP contribution in [0.2, 0.25) is 5.02 Å². The minimum atomic E-state index is -2.39. The fourth-order valence-electron chi connectivity index (χ4n) is 16.2. The van der Waals surface area contributed by atoms with Gasteiger partial charge in [0.2, 0.25) is 65.2 Å². The highest BCUT2D eigenvalue weighted by atomic mass is 35.5. The molecule has 680 valence electrons. The van der Waals surface area contributed by atoms with Gasteiger partial charge >= 0.3 is 5.97 Å². The van der Waals surface area contributed by atoms with Crippen molar-refractivity contribution < 1.29 is 137 Å². The van der Waals surface area contributed by atoms with E-state index in [2.05, 4.69) is 54.8 Å². The van der Waals surface area contributed by atoms with Gasteiger partial charge in [-0.05, 0) is 130 Å². The molecule has 8 aliphatic heterocycles. The van der Waals surface area contributed by atoms with Gasteiger partial charge in [0, 0.05) is 47.6 Å². The Morgan fingerprint density at radius 2 is 1.30 bits per heavy atom. The molecule has 3 fully saturated rings. The summed E-state index contributed by atoms with van der Waals surface area (Å²) in [5.74, 6) is -17.0. The van der Waals surface area contributed by atoms with Crippen LogP contribution in [0.15, 0.2) is 84.9 Å². The number of carbonyl (C=O) groups is 10. The average Bonchev–Trinajstić information content (AvgIpc) is 0.763. The first-order valence-electron chi connectivity index (χ1n) is 41.3. The lowest BCUT2D eigenvalue weighted by atomic mass is 9.85. The second-order valence-electron chi connectivity index (χ2n) is 33.2. The molecule has 5 aromatic rings. The normalized spacial score (nSPS) is 29.7. The zero-order valence-corrected chi connectivity index (χ0v) is 70.7. The summed E-state index contributed by atoms with van der Waals surface area (Å²) in [4.78, 5) is 147. The Morgan fingerprint density at radius 3 is 1.94 bits per heavy atom. The van der Waals surface area contributed by atoms with Gasteiger partial charge in [-0.3, -0.25) is 43.2 Å². The number of phenols is 3. The Balaban J connectivity index is 1.11. The number of likely N-dealkylation sites (N-methyl/N-ethyl adjacent to an activating group) is 1. The van der Waals surface area contributed by atoms with Crippen LogP contribution in [0.1, 0.15) is 184 Å². The summed E-state index contributed by atoms with van der Waals surface area (Å²) in [6.07, 6.45) is -17.0. The van der Waals surface area contributed by atoms with E-state index in [4.69, 9.17) is 61.0 Å². The third-order valence-electron chi connectivity index (χ3n) is 22.9. The van der Waals surface area contributed by atoms with E-state index in [1.54, 1.807) is 0 Å². The molecule has 40 heteroatoms. The molecule has 23 N–H and O–H groups in total. The average molecular weight is 1770 g/mol. The van der Waals surface area contributed by atoms with E-state index in [0.717, 1.165) is 87.1 Å². The van der Waals surface area contributed by atoms with Crippen LogP contribution in [0, 0.1) is 5.92 Å². The third kappa shape index (κ3) is 22.4. The molecule has 22 atom stereocenters. The van der Waals surface area contributed by atoms with E-state index < -0.39 is 269 Å². The van der Waals surface area contributed by atoms with Gasteiger partial charge in [-0.25, -0.2) is 4.79 Å². The highest BCUT2D eigenvalue weighted by Gasteiger charge is 2.53. The van der Waals surface area contributed by atoms with Crippen LogP contribution in [-0.2, 0) is 71.6 Å². The smallest absolute Gasteiger partial charge is 0.330 e. The number of ether oxygens (including phenoxy) is 8. The van der Waals surface area contributed by atoms with Gasteiger partial charge in [-0.15, -0.1) is 0 Å². The minimum Gasteiger partial charge on any atom is -0.508 e. The van der Waals surface area contributed by atoms with Crippen LogP contribution in [0.3, 0.4) is 0 Å². The number of aliphatic carboxylic acids is 1. The zero-order chi connectivity index (χ0) is 91.0. The van der Waals surface area contributed by atoms with E-state index >= 15 is 24.0 Å². The number of carbonyl (C=O) groups excluding carboxylic acids is 9. The number of primary amides is 1. The molecule has 0 aliphatic carbocycles. The summed E-state index contributed by atoms with van der Waals surface area (Å²) < 4.78 is 52.4. The molecule has 0 saturated carbocycles. The van der Waals surface area contributed by atoms with Crippen LogP contribution < -0.4 is 73.5 Å². The van der Waals surface area contributed by atoms with Crippen molar-refractivity contribution in [2.45, 2.75) is 259 Å². The van der Waals surface area contributed by atoms with Crippen molar-refractivity contribution in [3.63, 3.8) is 0 Å². The maximum Gasteiger partial charge on any atom is 0.330 e. The fourth-order valence-corrected chi connectivity index (χ4v) is 16.4. The number of unbranched alkanes of at least 4 members (excludes halogenated alkanes) is 6. The Morgan fingerprint density at radius 1 is 0.664 bits per heavy atom. The van der Waals surface area contributed by atoms with Gasteiger partial charge in [-0.1, -0.05) is 95.2 Å². The highest BCUT2D eigenvalue weighted by molar-refractivity contribution is 6.32. The van der Waals surface area contributed by atoms with Crippen LogP contribution >= 0.6 is 11.6 Å². The number of carboxylic acids is 1. The fraction of sp³-hybridized carbons (Fsp3) is 0.529. The van der Waals surface area contributed by atoms with Gasteiger partial charge in [0.05, 0.1) is 54.5 Å². The molecule has 3 saturated heterocycles. The molecule has 0 spiro atoms. The van der Waals surface area contributed by atoms with Gasteiger partial charge in [-0.2, -0.15) is 0 Å². The number of halogens is 1. The van der Waals surface area contributed by atoms with Crippen LogP contribution in [0.5, 0.6) is 46.0 Å². The van der Waals surface area contributed by atoms with Crippen molar-refractivity contribution in [2.24, 2.45) is 17.4 Å². The number of carboxylic acid groups (broad SMARTS) is 1. The summed E-state index contributed by atoms with van der Waals surface area (Å²) in [6, 6.07) is 1.10. The minimum absolute atomic E-state index is 0.0670. The number of rotatable bonds is 26. The molecule has 0 aromatic heterocycles. The molecule has 9 amide bonds. The van der Waals surface area contributed by atoms with Gasteiger partial charge in [0.1, 0.15) is 95.6 Å². The Labute approximate surface area is 723 Å². The van der Waals surface area contributed by atoms with Crippen molar-refractivity contribution in [2.75, 3.05) is 20.2 Å². The molecule has 0 unspecified atom stereocenters. The summed E-state index contributed by atoms with van der Waals surface area (Å²) in [6.45, 7) is 10.1. The van der Waals surface area contributed by atoms with E-state index in [-0.39, 0.29) is 64.3 Å². The van der Waals surface area contributed by atoms with E-state index in [1.807, 2.05) is 13.8 Å². The van der Waals surface area contributed by atoms with Crippen molar-refractivity contribution in [3.05, 3.63) is 118 Å². The number of benzene rings is 5. The Bertz CT molecular complexity index is 4800. The number of nitrogens with two attached hydrogens (primary N) is 2. The van der Waals surface area contributed by atoms with E-state index in [1.165, 1.54) is 71.1 Å². The number of fused-ring (bicyclic) bond motifs is 15. The van der Waals surface area contributed by atoms with Crippen LogP contribution in [0.4, 0.5) is 0 Å². The lowest BCUT2D eigenvalue weighted by Gasteiger charge is -2.48. The first kappa shape index (κ1) is 95.0. The van der Waals surface area contributed by atoms with Crippen LogP contribution in [-0.4, -0.2) is 233 Å². The first-order valence-corrected chi connectivity index (χ1v) is 41.7. The predicted molar refractivity (Wildman–Crippen MR) is 440 cm³/mol. The predicted octanol–water partition coefficient (Wildman–Crippen LogP) is 2.10. The second kappa shape index (κ2) is 40.8. The standard InChI is InChI=1S/C85H110ClN11O28/c1-9-10-11-12-13-14-15-16-58(103)90-35-59(104)97-85(7)34-61(119-39(5)75(85)109)124-73-70(107)69(106)56(36-98)122-83(73)125-72-54-28-43-29-55(72)121-53-24-20-42(27-48(53)86)68(105)66(95-76(110)49(89-8)25-37(2)3)80(114)91-50(32-57(87)102)77(111)92-64(43)79(113)93-63-41-19-23-51(100)46(26-41)62-47(30-44(99)31-52(62)101)65(82(116)117)94-81(115)67(96-78(63)112)71(40-17-21-45(120-54)22-18-40)123-60-33-84(6,88)74(108)38(4)118-60/h17-24,26-31,37-39,49-50,56,60-61,63-71,73-75,83,89,98-101,105-109H,9-16,25,32-36,88H2,1-8H3,(H2,87,102)(H,90,103)(H,91,114)(H,92,111)(H,93,113)(H,94,115)(H,95,110)(H,96,112)(H,97,104)(H,116,117)/t38-,39-,49+,50-,56+,60-,61-,63+,64+,65-,66+,67-,68+,69+,70-,71+,73+,74-,75-,83-,84-,85-/m0/s1. The largest absolute Gasteiger partial charge is 0.508 e. The lowest BCUT2D eigenvalue weighted by molar-refractivity contribution is -0.334. The number of hydrogen-bond donors (Lipinski definition) is 21. The number of aliphatic hydroxyl groups excluding tert-OH is 6. The van der Waals surface area contributed by atoms with E-state index in [9.17, 15) is 75.0 Å². The SMILES string of the molecule is CCCCCCCCCC(=O)NCC(=O)N[C@@]1(C)C[C@H](O[C@H]2[C@H](Oc3c4cc5cc3Oc3ccc(cc3Cl)[C@@H](O)[C@@H](NC(=O)[C@@H](CC(C)C)NC)C(=O)N[C@@H](CC(N)=O)C(=O)N[C@H]5C(=O)N[C@H]3C(=O)N[C@H](C(=O)N[C@H](C(=O)O)c5cc(O)cc(O)c5-c5cc3ccc5O)[C@H](O[C@H]3C[C@](C)(N)[C@@H](O)[C@H](C)O3)c3ccc(cc3)O4)O[C@H](CO)[C@@H](O)[C@@H]2O)O[C@@H](C)[C@@H]1O. The Hall–Kier alpha value is -10.6. The zero-order valence-electron chi connectivity index (χ0n) is 70.0. The maximum atomic E-state index is 16.5. The molecule has 13 rings (SSSR count). The molecule has 39 nitrogen and oxygen atoms in total. The summed E-state index contributed by atoms with van der Waals surface area (Å²) in [7, 11) is 1.47. The van der Waals surface area contributed by atoms with E-state index in [0.29, 0.717) is 6.42 Å². The van der Waals surface area contributed by atoms with Gasteiger partial charge < -0.3 is 148 Å². The van der Waals surface area contributed by atoms with Crippen molar-refractivity contribution in [3.8, 4) is 57.1 Å². The quantitative estimate of drug-likeness (QED) is 0.0352. The number of aromatic hydroxyl groups is 3. The maximum absolute atomic E-state index is 16.5. The Kier molecular flexibility index (Phi) is 31.0. The summed E-state index contributed by atoms with van der Waals surface area (Å²) in [5.41, 5.74) is 6.69. The topological polar surface area (TPSA) is 607 Å². The van der Waals surface area contributed by atoms with Crippen molar-refractivity contribution >= 4 is 70.7 Å². The van der Waals surface area contributed by atoms with Crippen molar-refractivity contribution in [1.29, 1.82) is 0 Å². The molecule has 0 radical (unpaired) electrons. The number of aliphatic hydroxyl groups is 6. The molecule has 11 bridgehead atoms. The van der Waals surface area contributed by atoms with Crippen molar-refractivity contribution in [1.82, 2.24) is 47.9 Å².